The van der Waals surface area contributed by atoms with E-state index in [1.165, 1.54) is 24.7 Å². The van der Waals surface area contributed by atoms with E-state index in [4.69, 9.17) is 16.6 Å². The zero-order valence-electron chi connectivity index (χ0n) is 21.7. The number of anilines is 3. The van der Waals surface area contributed by atoms with Gasteiger partial charge in [-0.05, 0) is 60.4 Å². The molecular weight excluding hydrogens is 546 g/mol. The molecule has 40 heavy (non-hydrogen) atoms. The van der Waals surface area contributed by atoms with Crippen LogP contribution < -0.4 is 15.5 Å². The van der Waals surface area contributed by atoms with Crippen LogP contribution in [0.4, 0.5) is 17.3 Å². The molecule has 3 aromatic heterocycles. The molecule has 0 unspecified atom stereocenters. The Hall–Kier alpha value is -3.63. The van der Waals surface area contributed by atoms with Crippen molar-refractivity contribution in [3.63, 3.8) is 0 Å². The minimum Gasteiger partial charge on any atom is -0.364 e. The van der Waals surface area contributed by atoms with Crippen molar-refractivity contribution in [2.24, 2.45) is 5.92 Å². The molecule has 4 heterocycles. The van der Waals surface area contributed by atoms with Crippen molar-refractivity contribution in [1.82, 2.24) is 19.4 Å². The van der Waals surface area contributed by atoms with Crippen molar-refractivity contribution in [2.75, 3.05) is 33.6 Å². The van der Waals surface area contributed by atoms with Gasteiger partial charge in [-0.1, -0.05) is 23.7 Å². The molecule has 0 bridgehead atoms. The van der Waals surface area contributed by atoms with Crippen molar-refractivity contribution >= 4 is 58.1 Å². The van der Waals surface area contributed by atoms with Crippen LogP contribution in [0.2, 0.25) is 5.02 Å². The first-order valence-electron chi connectivity index (χ1n) is 13.5. The van der Waals surface area contributed by atoms with Crippen molar-refractivity contribution < 1.29 is 9.59 Å². The van der Waals surface area contributed by atoms with Gasteiger partial charge in [-0.25, -0.2) is 15.0 Å². The van der Waals surface area contributed by atoms with E-state index in [0.717, 1.165) is 34.8 Å². The molecule has 1 aliphatic heterocycles. The summed E-state index contributed by atoms with van der Waals surface area (Å²) in [5.74, 6) is 3.19. The highest BCUT2D eigenvalue weighted by atomic mass is 35.5. The van der Waals surface area contributed by atoms with Crippen LogP contribution in [-0.2, 0) is 16.1 Å². The summed E-state index contributed by atoms with van der Waals surface area (Å²) in [6.45, 7) is 1.14. The highest BCUT2D eigenvalue weighted by Gasteiger charge is 2.44. The number of halogens is 1. The molecule has 9 nitrogen and oxygen atoms in total. The lowest BCUT2D eigenvalue weighted by molar-refractivity contribution is -0.117. The minimum atomic E-state index is -0.0945. The van der Waals surface area contributed by atoms with E-state index >= 15 is 0 Å². The van der Waals surface area contributed by atoms with E-state index in [1.54, 1.807) is 17.8 Å². The summed E-state index contributed by atoms with van der Waals surface area (Å²) in [4.78, 5) is 40.9. The fourth-order valence-electron chi connectivity index (χ4n) is 5.36. The molecule has 0 spiro atoms. The third kappa shape index (κ3) is 5.25. The monoisotopic (exact) mass is 573 g/mol. The quantitative estimate of drug-likeness (QED) is 0.302. The van der Waals surface area contributed by atoms with Crippen LogP contribution in [-0.4, -0.2) is 49.2 Å². The number of nitrogens with one attached hydrogen (secondary N) is 2. The number of benzene rings is 1. The molecule has 2 N–H and O–H groups in total. The molecule has 2 atom stereocenters. The molecule has 11 heteroatoms. The Morgan fingerprint density at radius 2 is 1.98 bits per heavy atom. The molecule has 0 radical (unpaired) electrons. The predicted octanol–water partition coefficient (Wildman–Crippen LogP) is 5.09. The Labute approximate surface area is 240 Å². The average molecular weight is 574 g/mol. The first kappa shape index (κ1) is 25.3. The molecule has 4 aromatic rings. The molecule has 1 saturated heterocycles. The zero-order chi connectivity index (χ0) is 27.2. The topological polar surface area (TPSA) is 105 Å². The second-order valence-corrected chi connectivity index (χ2v) is 12.2. The van der Waals surface area contributed by atoms with Gasteiger partial charge in [0.2, 0.25) is 11.8 Å². The van der Waals surface area contributed by atoms with Crippen molar-refractivity contribution in [1.29, 1.82) is 0 Å². The Balaban J connectivity index is 1.04. The maximum Gasteiger partial charge on any atom is 0.237 e. The second kappa shape index (κ2) is 10.4. The minimum absolute atomic E-state index is 0.0559. The van der Waals surface area contributed by atoms with Crippen molar-refractivity contribution in [2.45, 2.75) is 37.6 Å². The Morgan fingerprint density at radius 1 is 1.10 bits per heavy atom. The number of hydrogen-bond acceptors (Lipinski definition) is 7. The summed E-state index contributed by atoms with van der Waals surface area (Å²) in [6, 6.07) is 11.6. The molecular formula is C29H28ClN7O2S. The number of carbonyl (C=O) groups is 2. The van der Waals surface area contributed by atoms with Gasteiger partial charge in [-0.2, -0.15) is 11.8 Å². The fraction of sp³-hybridized carbons (Fsp3) is 0.345. The van der Waals surface area contributed by atoms with Gasteiger partial charge in [0.25, 0.3) is 0 Å². The molecule has 2 amide bonds. The Kier molecular flexibility index (Phi) is 6.59. The molecule has 2 saturated carbocycles. The van der Waals surface area contributed by atoms with Gasteiger partial charge >= 0.3 is 0 Å². The van der Waals surface area contributed by atoms with E-state index in [2.05, 4.69) is 32.9 Å². The van der Waals surface area contributed by atoms with E-state index in [-0.39, 0.29) is 23.7 Å². The van der Waals surface area contributed by atoms with Crippen LogP contribution in [0.15, 0.2) is 55.1 Å². The predicted molar refractivity (Wildman–Crippen MR) is 157 cm³/mol. The van der Waals surface area contributed by atoms with Gasteiger partial charge in [0.1, 0.15) is 18.0 Å². The first-order chi connectivity index (χ1) is 19.5. The van der Waals surface area contributed by atoms with Gasteiger partial charge in [0.15, 0.2) is 5.65 Å². The maximum atomic E-state index is 12.8. The van der Waals surface area contributed by atoms with Gasteiger partial charge in [-0.3, -0.25) is 9.59 Å². The highest BCUT2D eigenvalue weighted by Crippen LogP contribution is 2.48. The highest BCUT2D eigenvalue weighted by molar-refractivity contribution is 8.00. The maximum absolute atomic E-state index is 12.8. The molecule has 2 aliphatic carbocycles. The van der Waals surface area contributed by atoms with Crippen LogP contribution in [0, 0.1) is 5.92 Å². The van der Waals surface area contributed by atoms with Crippen LogP contribution in [0.3, 0.4) is 0 Å². The number of hydrogen-bond donors (Lipinski definition) is 2. The molecule has 3 aliphatic rings. The van der Waals surface area contributed by atoms with E-state index in [1.807, 2.05) is 39.8 Å². The normalized spacial score (nSPS) is 20.5. The van der Waals surface area contributed by atoms with Gasteiger partial charge in [0.05, 0.1) is 23.7 Å². The molecule has 7 rings (SSSR count). The van der Waals surface area contributed by atoms with Gasteiger partial charge in [0, 0.05) is 41.7 Å². The standard InChI is InChI=1S/C29H28ClN7O2S/c30-20-3-1-2-18(8-20)22-10-23(22)29(39)35-26-11-25(32-16-33-26)31-12-21-14-36-13-19(17-4-5-17)9-24(28(36)34-21)37-6-7-40-15-27(37)38/h1-3,8-9,11,13-14,16-17,22-23H,4-7,10,12,15H2,(H2,31,32,33,35,39)/t22-,23+/m1/s1. The third-order valence-electron chi connectivity index (χ3n) is 7.70. The van der Waals surface area contributed by atoms with Crippen molar-refractivity contribution in [3.8, 4) is 0 Å². The number of fused-ring (bicyclic) bond motifs is 1. The Morgan fingerprint density at radius 3 is 2.80 bits per heavy atom. The first-order valence-corrected chi connectivity index (χ1v) is 15.1. The number of amides is 2. The lowest BCUT2D eigenvalue weighted by Crippen LogP contribution is -2.38. The summed E-state index contributed by atoms with van der Waals surface area (Å²) < 4.78 is 2.05. The number of rotatable bonds is 8. The van der Waals surface area contributed by atoms with E-state index in [9.17, 15) is 9.59 Å². The van der Waals surface area contributed by atoms with Crippen LogP contribution >= 0.6 is 23.4 Å². The fourth-order valence-corrected chi connectivity index (χ4v) is 6.35. The van der Waals surface area contributed by atoms with Crippen LogP contribution in [0.25, 0.3) is 5.65 Å². The molecule has 204 valence electrons. The Bertz CT molecular complexity index is 1620. The SMILES string of the molecule is O=C(Nc1cc(NCc2cn3cc(C4CC4)cc(N4CCSCC4=O)c3n2)ncn1)[C@H]1C[C@@H]1c1cccc(Cl)c1. The second-order valence-electron chi connectivity index (χ2n) is 10.6. The summed E-state index contributed by atoms with van der Waals surface area (Å²) >= 11 is 7.79. The number of nitrogens with zero attached hydrogens (tertiary/aromatic N) is 5. The largest absolute Gasteiger partial charge is 0.364 e. The number of aromatic nitrogens is 4. The average Bonchev–Trinajstić information content (AvgIpc) is 3.88. The number of carbonyl (C=O) groups excluding carboxylic acids is 2. The van der Waals surface area contributed by atoms with E-state index in [0.29, 0.717) is 41.4 Å². The van der Waals surface area contributed by atoms with Gasteiger partial charge in [-0.15, -0.1) is 0 Å². The summed E-state index contributed by atoms with van der Waals surface area (Å²) in [6.07, 6.45) is 8.75. The summed E-state index contributed by atoms with van der Waals surface area (Å²) in [5.41, 5.74) is 4.86. The van der Waals surface area contributed by atoms with Crippen LogP contribution in [0.1, 0.15) is 47.9 Å². The van der Waals surface area contributed by atoms with Gasteiger partial charge < -0.3 is 19.9 Å². The zero-order valence-corrected chi connectivity index (χ0v) is 23.3. The number of pyridine rings is 1. The number of imidazole rings is 1. The molecule has 1 aromatic carbocycles. The third-order valence-corrected chi connectivity index (χ3v) is 8.86. The number of thioether (sulfide) groups is 1. The lowest BCUT2D eigenvalue weighted by Gasteiger charge is -2.27. The van der Waals surface area contributed by atoms with Crippen molar-refractivity contribution in [3.05, 3.63) is 77.0 Å². The summed E-state index contributed by atoms with van der Waals surface area (Å²) in [7, 11) is 0. The lowest BCUT2D eigenvalue weighted by atomic mass is 10.1. The van der Waals surface area contributed by atoms with E-state index < -0.39 is 0 Å². The summed E-state index contributed by atoms with van der Waals surface area (Å²) in [5, 5.41) is 6.91. The smallest absolute Gasteiger partial charge is 0.237 e. The van der Waals surface area contributed by atoms with Crippen LogP contribution in [0.5, 0.6) is 0 Å². The molecule has 3 fully saturated rings.